The lowest BCUT2D eigenvalue weighted by molar-refractivity contribution is -0.0585. The molecule has 1 heterocycles. The highest BCUT2D eigenvalue weighted by Crippen LogP contribution is 2.30. The summed E-state index contributed by atoms with van der Waals surface area (Å²) in [6.45, 7) is 1.00. The van der Waals surface area contributed by atoms with Gasteiger partial charge in [-0.1, -0.05) is 25.0 Å². The van der Waals surface area contributed by atoms with Crippen LogP contribution in [-0.4, -0.2) is 50.9 Å². The van der Waals surface area contributed by atoms with E-state index in [4.69, 9.17) is 9.47 Å². The summed E-state index contributed by atoms with van der Waals surface area (Å²) in [5.41, 5.74) is 0.987. The van der Waals surface area contributed by atoms with Crippen LogP contribution in [-0.2, 0) is 21.2 Å². The van der Waals surface area contributed by atoms with Crippen LogP contribution in [0.15, 0.2) is 24.3 Å². The lowest BCUT2D eigenvalue weighted by Gasteiger charge is -2.42. The largest absolute Gasteiger partial charge is 0.497 e. The number of ether oxygens (including phenoxy) is 2. The first-order valence-electron chi connectivity index (χ1n) is 8.34. The Morgan fingerprint density at radius 3 is 2.96 bits per heavy atom. The van der Waals surface area contributed by atoms with Crippen molar-refractivity contribution < 1.29 is 17.9 Å². The zero-order valence-corrected chi connectivity index (χ0v) is 14.4. The second-order valence-electron chi connectivity index (χ2n) is 6.29. The minimum Gasteiger partial charge on any atom is -0.497 e. The van der Waals surface area contributed by atoms with Gasteiger partial charge in [0, 0.05) is 6.54 Å². The van der Waals surface area contributed by atoms with Gasteiger partial charge in [0.2, 0.25) is 10.0 Å². The number of methoxy groups -OCH3 is 1. The van der Waals surface area contributed by atoms with Gasteiger partial charge in [0.1, 0.15) is 5.75 Å². The Morgan fingerprint density at radius 1 is 1.30 bits per heavy atom. The van der Waals surface area contributed by atoms with E-state index >= 15 is 0 Å². The number of benzene rings is 1. The molecule has 0 bridgehead atoms. The Kier molecular flexibility index (Phi) is 5.24. The van der Waals surface area contributed by atoms with E-state index < -0.39 is 10.0 Å². The van der Waals surface area contributed by atoms with E-state index in [1.54, 1.807) is 11.4 Å². The van der Waals surface area contributed by atoms with Crippen LogP contribution >= 0.6 is 0 Å². The molecule has 0 spiro atoms. The third kappa shape index (κ3) is 3.87. The Hall–Kier alpha value is -1.11. The highest BCUT2D eigenvalue weighted by molar-refractivity contribution is 7.89. The summed E-state index contributed by atoms with van der Waals surface area (Å²) >= 11 is 0. The highest BCUT2D eigenvalue weighted by atomic mass is 32.2. The molecule has 2 unspecified atom stereocenters. The number of hydrogen-bond acceptors (Lipinski definition) is 4. The van der Waals surface area contributed by atoms with Crippen LogP contribution in [0.1, 0.15) is 31.2 Å². The van der Waals surface area contributed by atoms with Crippen LogP contribution in [0.3, 0.4) is 0 Å². The van der Waals surface area contributed by atoms with Gasteiger partial charge in [-0.05, 0) is 37.0 Å². The van der Waals surface area contributed by atoms with Crippen molar-refractivity contribution in [3.05, 3.63) is 29.8 Å². The van der Waals surface area contributed by atoms with E-state index in [-0.39, 0.29) is 17.9 Å². The minimum absolute atomic E-state index is 0.0350. The fourth-order valence-corrected chi connectivity index (χ4v) is 5.33. The maximum atomic E-state index is 12.8. The second-order valence-corrected chi connectivity index (χ2v) is 8.33. The van der Waals surface area contributed by atoms with Crippen LogP contribution in [0.25, 0.3) is 0 Å². The summed E-state index contributed by atoms with van der Waals surface area (Å²) in [5, 5.41) is 0. The number of aryl methyl sites for hydroxylation is 1. The monoisotopic (exact) mass is 339 g/mol. The van der Waals surface area contributed by atoms with Gasteiger partial charge in [0.15, 0.2) is 0 Å². The average Bonchev–Trinajstić information content (AvgIpc) is 2.60. The molecule has 1 aromatic carbocycles. The van der Waals surface area contributed by atoms with Crippen molar-refractivity contribution in [1.82, 2.24) is 4.31 Å². The maximum absolute atomic E-state index is 12.8. The Bertz CT molecular complexity index is 629. The Balaban J connectivity index is 1.68. The van der Waals surface area contributed by atoms with E-state index in [9.17, 15) is 8.42 Å². The summed E-state index contributed by atoms with van der Waals surface area (Å²) in [5.74, 6) is 0.905. The summed E-state index contributed by atoms with van der Waals surface area (Å²) in [7, 11) is -1.64. The first-order valence-corrected chi connectivity index (χ1v) is 9.95. The van der Waals surface area contributed by atoms with Crippen molar-refractivity contribution in [2.45, 2.75) is 44.2 Å². The van der Waals surface area contributed by atoms with Crippen LogP contribution in [0.5, 0.6) is 5.75 Å². The third-order valence-electron chi connectivity index (χ3n) is 4.82. The molecule has 23 heavy (non-hydrogen) atoms. The van der Waals surface area contributed by atoms with Gasteiger partial charge in [-0.2, -0.15) is 4.31 Å². The maximum Gasteiger partial charge on any atom is 0.214 e. The molecule has 3 rings (SSSR count). The predicted octanol–water partition coefficient (Wildman–Crippen LogP) is 2.21. The van der Waals surface area contributed by atoms with E-state index in [0.29, 0.717) is 19.6 Å². The molecule has 128 valence electrons. The molecule has 0 N–H and O–H groups in total. The molecule has 2 aliphatic rings. The van der Waals surface area contributed by atoms with Crippen LogP contribution in [0, 0.1) is 0 Å². The average molecular weight is 339 g/mol. The van der Waals surface area contributed by atoms with Gasteiger partial charge in [-0.15, -0.1) is 0 Å². The lowest BCUT2D eigenvalue weighted by Crippen LogP contribution is -2.55. The van der Waals surface area contributed by atoms with E-state index in [1.807, 2.05) is 24.3 Å². The topological polar surface area (TPSA) is 55.8 Å². The Morgan fingerprint density at radius 2 is 2.13 bits per heavy atom. The van der Waals surface area contributed by atoms with Crippen molar-refractivity contribution in [1.29, 1.82) is 0 Å². The number of sulfonamides is 1. The standard InChI is InChI=1S/C17H25NO4S/c1-21-15-6-4-5-14(13-15)9-12-23(19,20)18-10-11-22-17-8-3-2-7-16(17)18/h4-6,13,16-17H,2-3,7-12H2,1H3. The van der Waals surface area contributed by atoms with Crippen molar-refractivity contribution in [2.75, 3.05) is 26.0 Å². The number of nitrogens with zero attached hydrogens (tertiary/aromatic N) is 1. The zero-order valence-electron chi connectivity index (χ0n) is 13.6. The normalized spacial score (nSPS) is 25.8. The summed E-state index contributed by atoms with van der Waals surface area (Å²) in [6, 6.07) is 7.64. The van der Waals surface area contributed by atoms with Crippen LogP contribution in [0.2, 0.25) is 0 Å². The molecule has 0 amide bonds. The summed E-state index contributed by atoms with van der Waals surface area (Å²) < 4.78 is 38.3. The fraction of sp³-hybridized carbons (Fsp3) is 0.647. The molecule has 0 radical (unpaired) electrons. The lowest BCUT2D eigenvalue weighted by atomic mass is 9.91. The SMILES string of the molecule is COc1cccc(CCS(=O)(=O)N2CCOC3CCCCC32)c1. The molecular weight excluding hydrogens is 314 g/mol. The number of fused-ring (bicyclic) bond motifs is 1. The smallest absolute Gasteiger partial charge is 0.214 e. The van der Waals surface area contributed by atoms with Gasteiger partial charge >= 0.3 is 0 Å². The van der Waals surface area contributed by atoms with E-state index in [0.717, 1.165) is 37.0 Å². The minimum atomic E-state index is -3.26. The molecule has 1 saturated carbocycles. The molecule has 6 heteroatoms. The first-order chi connectivity index (χ1) is 11.1. The predicted molar refractivity (Wildman–Crippen MR) is 89.2 cm³/mol. The molecule has 1 aliphatic heterocycles. The molecule has 1 aromatic rings. The zero-order chi connectivity index (χ0) is 16.3. The Labute approximate surface area is 138 Å². The van der Waals surface area contributed by atoms with Gasteiger partial charge in [0.25, 0.3) is 0 Å². The quantitative estimate of drug-likeness (QED) is 0.825. The summed E-state index contributed by atoms with van der Waals surface area (Å²) in [4.78, 5) is 0. The fourth-order valence-electron chi connectivity index (χ4n) is 3.60. The molecule has 1 aliphatic carbocycles. The van der Waals surface area contributed by atoms with E-state index in [1.165, 1.54) is 0 Å². The van der Waals surface area contributed by atoms with Crippen molar-refractivity contribution in [2.24, 2.45) is 0 Å². The molecule has 2 atom stereocenters. The number of hydrogen-bond donors (Lipinski definition) is 0. The van der Waals surface area contributed by atoms with Gasteiger partial charge in [-0.25, -0.2) is 8.42 Å². The molecule has 5 nitrogen and oxygen atoms in total. The second kappa shape index (κ2) is 7.20. The van der Waals surface area contributed by atoms with E-state index in [2.05, 4.69) is 0 Å². The van der Waals surface area contributed by atoms with Gasteiger partial charge < -0.3 is 9.47 Å². The third-order valence-corrected chi connectivity index (χ3v) is 6.71. The number of morpholine rings is 1. The molecule has 0 aromatic heterocycles. The molecular formula is C17H25NO4S. The molecule has 2 fully saturated rings. The highest BCUT2D eigenvalue weighted by Gasteiger charge is 2.39. The van der Waals surface area contributed by atoms with Crippen molar-refractivity contribution >= 4 is 10.0 Å². The van der Waals surface area contributed by atoms with Gasteiger partial charge in [-0.3, -0.25) is 0 Å². The number of rotatable bonds is 5. The van der Waals surface area contributed by atoms with Crippen molar-refractivity contribution in [3.8, 4) is 5.75 Å². The van der Waals surface area contributed by atoms with Gasteiger partial charge in [0.05, 0.1) is 31.6 Å². The van der Waals surface area contributed by atoms with Crippen LogP contribution in [0.4, 0.5) is 0 Å². The summed E-state index contributed by atoms with van der Waals surface area (Å²) in [6.07, 6.45) is 4.72. The first kappa shape index (κ1) is 16.7. The van der Waals surface area contributed by atoms with Crippen molar-refractivity contribution in [3.63, 3.8) is 0 Å². The van der Waals surface area contributed by atoms with Crippen LogP contribution < -0.4 is 4.74 Å². The molecule has 1 saturated heterocycles.